The summed E-state index contributed by atoms with van der Waals surface area (Å²) in [6, 6.07) is 8.09. The van der Waals surface area contributed by atoms with Gasteiger partial charge in [-0.15, -0.1) is 0 Å². The zero-order valence-electron chi connectivity index (χ0n) is 19.8. The predicted molar refractivity (Wildman–Crippen MR) is 148 cm³/mol. The maximum Gasteiger partial charge on any atom is 0.338 e. The molecule has 188 valence electrons. The summed E-state index contributed by atoms with van der Waals surface area (Å²) >= 11 is 6.73. The van der Waals surface area contributed by atoms with E-state index in [4.69, 9.17) is 14.2 Å². The number of benzene rings is 2. The average Bonchev–Trinajstić information content (AvgIpc) is 3.14. The van der Waals surface area contributed by atoms with Gasteiger partial charge in [0.15, 0.2) is 16.3 Å². The van der Waals surface area contributed by atoms with E-state index in [1.807, 2.05) is 34.7 Å². The van der Waals surface area contributed by atoms with Crippen LogP contribution >= 0.6 is 49.9 Å². The van der Waals surface area contributed by atoms with Crippen molar-refractivity contribution in [3.63, 3.8) is 0 Å². The smallest absolute Gasteiger partial charge is 0.338 e. The number of methoxy groups -OCH3 is 2. The lowest BCUT2D eigenvalue weighted by molar-refractivity contribution is -0.139. The molecule has 0 saturated carbocycles. The molecule has 0 radical (unpaired) electrons. The first-order valence-electron chi connectivity index (χ1n) is 10.8. The molecule has 0 bridgehead atoms. The van der Waals surface area contributed by atoms with Crippen molar-refractivity contribution in [2.75, 3.05) is 20.8 Å². The summed E-state index contributed by atoms with van der Waals surface area (Å²) in [6.07, 6.45) is 1.72. The van der Waals surface area contributed by atoms with Gasteiger partial charge in [0.1, 0.15) is 5.75 Å². The minimum atomic E-state index is -0.737. The molecule has 1 atom stereocenters. The van der Waals surface area contributed by atoms with E-state index in [-0.39, 0.29) is 17.9 Å². The molecule has 0 fully saturated rings. The van der Waals surface area contributed by atoms with Crippen molar-refractivity contribution in [3.8, 4) is 17.2 Å². The third-order valence-corrected chi connectivity index (χ3v) is 8.00. The molecule has 0 unspecified atom stereocenters. The van der Waals surface area contributed by atoms with Gasteiger partial charge in [0.05, 0.1) is 50.7 Å². The molecule has 1 aliphatic rings. The molecule has 36 heavy (non-hydrogen) atoms. The predicted octanol–water partition coefficient (Wildman–Crippen LogP) is 3.89. The molecule has 11 heteroatoms. The van der Waals surface area contributed by atoms with Gasteiger partial charge in [0, 0.05) is 0 Å². The van der Waals surface area contributed by atoms with Gasteiger partial charge in [-0.05, 0) is 93.8 Å². The summed E-state index contributed by atoms with van der Waals surface area (Å²) in [6.45, 7) is 3.66. The van der Waals surface area contributed by atoms with Crippen LogP contribution in [-0.4, -0.2) is 36.5 Å². The zero-order chi connectivity index (χ0) is 26.1. The van der Waals surface area contributed by atoms with Crippen LogP contribution in [0.25, 0.3) is 6.08 Å². The fraction of sp³-hybridized carbons (Fsp3) is 0.240. The van der Waals surface area contributed by atoms with Crippen molar-refractivity contribution < 1.29 is 24.1 Å². The summed E-state index contributed by atoms with van der Waals surface area (Å²) in [4.78, 5) is 31.8. The lowest BCUT2D eigenvalue weighted by atomic mass is 9.96. The van der Waals surface area contributed by atoms with Crippen LogP contribution in [0.2, 0.25) is 0 Å². The Bertz CT molecular complexity index is 1580. The van der Waals surface area contributed by atoms with Crippen LogP contribution in [-0.2, 0) is 9.53 Å². The van der Waals surface area contributed by atoms with Gasteiger partial charge in [-0.25, -0.2) is 9.79 Å². The van der Waals surface area contributed by atoms with Crippen LogP contribution in [0.1, 0.15) is 31.0 Å². The molecule has 0 spiro atoms. The number of phenolic OH excluding ortho intramolecular Hbond substituents is 1. The largest absolute Gasteiger partial charge is 0.504 e. The van der Waals surface area contributed by atoms with Gasteiger partial charge >= 0.3 is 5.97 Å². The van der Waals surface area contributed by atoms with Gasteiger partial charge in [-0.2, -0.15) is 0 Å². The third kappa shape index (κ3) is 4.83. The maximum atomic E-state index is 13.7. The van der Waals surface area contributed by atoms with Crippen LogP contribution in [0.15, 0.2) is 55.9 Å². The van der Waals surface area contributed by atoms with Crippen molar-refractivity contribution in [2.45, 2.75) is 19.9 Å². The molecule has 0 aliphatic carbocycles. The standard InChI is InChI=1S/C25H22BrIN2O6S/c1-5-35-24(32)20-12(2)28-25-29(21(20)14-6-7-17(33-3)15(26)11-14)23(31)19(36-25)10-13-8-16(27)22(30)18(9-13)34-4/h6-11,21,30H,5H2,1-4H3/b19-10+/t21-/m1/s1. The number of allylic oxidation sites excluding steroid dienone is 1. The van der Waals surface area contributed by atoms with Gasteiger partial charge in [0.25, 0.3) is 5.56 Å². The van der Waals surface area contributed by atoms with Gasteiger partial charge < -0.3 is 19.3 Å². The van der Waals surface area contributed by atoms with Gasteiger partial charge in [-0.3, -0.25) is 9.36 Å². The highest BCUT2D eigenvalue weighted by Crippen LogP contribution is 2.35. The number of thiazole rings is 1. The first-order valence-corrected chi connectivity index (χ1v) is 13.5. The van der Waals surface area contributed by atoms with Crippen LogP contribution in [0, 0.1) is 3.57 Å². The Hall–Kier alpha value is -2.64. The summed E-state index contributed by atoms with van der Waals surface area (Å²) in [5.41, 5.74) is 1.87. The SMILES string of the molecule is CCOC(=O)C1=C(C)N=c2s/c(=C/c3cc(I)c(O)c(OC)c3)c(=O)n2[C@@H]1c1ccc(OC)c(Br)c1. The number of rotatable bonds is 6. The number of carbonyl (C=O) groups excluding carboxylic acids is 1. The number of ether oxygens (including phenoxy) is 3. The third-order valence-electron chi connectivity index (χ3n) is 5.58. The van der Waals surface area contributed by atoms with E-state index in [2.05, 4.69) is 20.9 Å². The second-order valence-corrected chi connectivity index (χ2v) is 10.8. The Morgan fingerprint density at radius 2 is 1.97 bits per heavy atom. The molecule has 1 N–H and O–H groups in total. The first-order chi connectivity index (χ1) is 17.2. The number of aromatic nitrogens is 1. The summed E-state index contributed by atoms with van der Waals surface area (Å²) < 4.78 is 19.2. The Morgan fingerprint density at radius 3 is 2.61 bits per heavy atom. The minimum Gasteiger partial charge on any atom is -0.504 e. The fourth-order valence-corrected chi connectivity index (χ4v) is 6.17. The lowest BCUT2D eigenvalue weighted by Gasteiger charge is -2.25. The van der Waals surface area contributed by atoms with E-state index >= 15 is 0 Å². The van der Waals surface area contributed by atoms with E-state index < -0.39 is 12.0 Å². The number of esters is 1. The molecular formula is C25H22BrIN2O6S. The van der Waals surface area contributed by atoms with E-state index in [1.165, 1.54) is 23.0 Å². The Balaban J connectivity index is 1.96. The van der Waals surface area contributed by atoms with Gasteiger partial charge in [0.2, 0.25) is 0 Å². The molecular weight excluding hydrogens is 663 g/mol. The lowest BCUT2D eigenvalue weighted by Crippen LogP contribution is -2.40. The van der Waals surface area contributed by atoms with Crippen LogP contribution in [0.4, 0.5) is 0 Å². The van der Waals surface area contributed by atoms with E-state index in [9.17, 15) is 14.7 Å². The molecule has 1 aliphatic heterocycles. The molecule has 3 aromatic rings. The Morgan fingerprint density at radius 1 is 1.25 bits per heavy atom. The maximum absolute atomic E-state index is 13.7. The van der Waals surface area contributed by atoms with Crippen molar-refractivity contribution >= 4 is 61.9 Å². The van der Waals surface area contributed by atoms with Crippen LogP contribution in [0.5, 0.6) is 17.2 Å². The normalized spacial score (nSPS) is 15.4. The van der Waals surface area contributed by atoms with E-state index in [0.717, 1.165) is 0 Å². The van der Waals surface area contributed by atoms with Crippen LogP contribution in [0.3, 0.4) is 0 Å². The molecule has 8 nitrogen and oxygen atoms in total. The highest BCUT2D eigenvalue weighted by atomic mass is 127. The zero-order valence-corrected chi connectivity index (χ0v) is 24.4. The highest BCUT2D eigenvalue weighted by Gasteiger charge is 2.33. The second kappa shape index (κ2) is 10.8. The summed E-state index contributed by atoms with van der Waals surface area (Å²) in [5.74, 6) is 0.446. The second-order valence-electron chi connectivity index (χ2n) is 7.75. The Kier molecular flexibility index (Phi) is 7.90. The molecule has 0 amide bonds. The number of fused-ring (bicyclic) bond motifs is 1. The van der Waals surface area contributed by atoms with Gasteiger partial charge in [-0.1, -0.05) is 17.4 Å². The number of phenols is 1. The molecule has 2 heterocycles. The number of nitrogens with zero attached hydrogens (tertiary/aromatic N) is 2. The quantitative estimate of drug-likeness (QED) is 0.313. The molecule has 1 aromatic heterocycles. The average molecular weight is 685 g/mol. The molecule has 4 rings (SSSR count). The van der Waals surface area contributed by atoms with Crippen molar-refractivity contribution in [1.82, 2.24) is 4.57 Å². The highest BCUT2D eigenvalue weighted by molar-refractivity contribution is 14.1. The molecule has 2 aromatic carbocycles. The van der Waals surface area contributed by atoms with E-state index in [0.29, 0.717) is 51.3 Å². The first kappa shape index (κ1) is 26.4. The van der Waals surface area contributed by atoms with Crippen LogP contribution < -0.4 is 24.4 Å². The number of carbonyl (C=O) groups is 1. The number of aromatic hydroxyl groups is 1. The topological polar surface area (TPSA) is 99.4 Å². The fourth-order valence-electron chi connectivity index (χ4n) is 3.94. The van der Waals surface area contributed by atoms with Crippen molar-refractivity contribution in [2.24, 2.45) is 4.99 Å². The minimum absolute atomic E-state index is 0.0384. The number of hydrogen-bond donors (Lipinski definition) is 1. The Labute approximate surface area is 232 Å². The molecule has 0 saturated heterocycles. The summed E-state index contributed by atoms with van der Waals surface area (Å²) in [5, 5.41) is 10.2. The van der Waals surface area contributed by atoms with Crippen molar-refractivity contribution in [1.29, 1.82) is 0 Å². The number of halogens is 2. The summed E-state index contributed by atoms with van der Waals surface area (Å²) in [7, 11) is 3.03. The van der Waals surface area contributed by atoms with Crippen molar-refractivity contribution in [3.05, 3.63) is 80.5 Å². The monoisotopic (exact) mass is 684 g/mol. The van der Waals surface area contributed by atoms with E-state index in [1.54, 1.807) is 45.2 Å². The number of hydrogen-bond acceptors (Lipinski definition) is 8.